The van der Waals surface area contributed by atoms with E-state index < -0.39 is 26.6 Å². The summed E-state index contributed by atoms with van der Waals surface area (Å²) in [6.07, 6.45) is 2.32. The minimum absolute atomic E-state index is 0.0226. The van der Waals surface area contributed by atoms with Crippen molar-refractivity contribution in [3.8, 4) is 0 Å². The van der Waals surface area contributed by atoms with E-state index in [1.54, 1.807) is 0 Å². The van der Waals surface area contributed by atoms with Gasteiger partial charge in [0.1, 0.15) is 16.8 Å². The van der Waals surface area contributed by atoms with Crippen LogP contribution in [0.1, 0.15) is 0 Å². The number of aromatic nitrogens is 2. The molecule has 0 amide bonds. The second kappa shape index (κ2) is 5.06. The number of nitrogens with zero attached hydrogens (tertiary/aromatic N) is 2. The highest BCUT2D eigenvalue weighted by molar-refractivity contribution is 7.92. The van der Waals surface area contributed by atoms with Crippen LogP contribution >= 0.6 is 11.6 Å². The Morgan fingerprint density at radius 2 is 1.74 bits per heavy atom. The average molecular weight is 306 g/mol. The van der Waals surface area contributed by atoms with Crippen LogP contribution in [0.15, 0.2) is 35.5 Å². The van der Waals surface area contributed by atoms with Crippen LogP contribution < -0.4 is 4.72 Å². The smallest absolute Gasteiger partial charge is 0.262 e. The van der Waals surface area contributed by atoms with Gasteiger partial charge < -0.3 is 0 Å². The van der Waals surface area contributed by atoms with Gasteiger partial charge in [0.05, 0.1) is 17.3 Å². The van der Waals surface area contributed by atoms with Crippen molar-refractivity contribution < 1.29 is 17.2 Å². The van der Waals surface area contributed by atoms with Crippen molar-refractivity contribution in [1.29, 1.82) is 0 Å². The van der Waals surface area contributed by atoms with Gasteiger partial charge in [-0.25, -0.2) is 22.2 Å². The molecule has 0 fully saturated rings. The Bertz CT molecular complexity index is 704. The molecule has 0 saturated carbocycles. The molecule has 1 aromatic heterocycles. The molecule has 0 bridgehead atoms. The highest BCUT2D eigenvalue weighted by atomic mass is 35.5. The Morgan fingerprint density at radius 3 is 2.32 bits per heavy atom. The molecule has 1 heterocycles. The lowest BCUT2D eigenvalue weighted by molar-refractivity contribution is 0.568. The fourth-order valence-corrected chi connectivity index (χ4v) is 2.45. The van der Waals surface area contributed by atoms with Gasteiger partial charge in [-0.15, -0.1) is 0 Å². The van der Waals surface area contributed by atoms with Crippen molar-refractivity contribution in [1.82, 2.24) is 9.97 Å². The lowest BCUT2D eigenvalue weighted by Gasteiger charge is -2.07. The van der Waals surface area contributed by atoms with Crippen LogP contribution in [0.5, 0.6) is 0 Å². The number of halogens is 3. The first-order chi connectivity index (χ1) is 8.87. The van der Waals surface area contributed by atoms with Crippen molar-refractivity contribution >= 4 is 27.4 Å². The predicted molar refractivity (Wildman–Crippen MR) is 64.2 cm³/mol. The lowest BCUT2D eigenvalue weighted by atomic mass is 10.3. The maximum atomic E-state index is 13.0. The van der Waals surface area contributed by atoms with Gasteiger partial charge in [-0.2, -0.15) is 0 Å². The summed E-state index contributed by atoms with van der Waals surface area (Å²) in [7, 11) is -4.17. The second-order valence-corrected chi connectivity index (χ2v) is 5.51. The van der Waals surface area contributed by atoms with Gasteiger partial charge in [0.2, 0.25) is 0 Å². The number of hydrogen-bond donors (Lipinski definition) is 1. The van der Waals surface area contributed by atoms with E-state index in [1.165, 1.54) is 6.20 Å². The standard InChI is InChI=1S/C10H6ClF2N3O2S/c11-9-4-14-5-10(15-9)16-19(17,18)8-2-6(12)1-7(13)3-8/h1-5H,(H,15,16). The molecule has 1 N–H and O–H groups in total. The van der Waals surface area contributed by atoms with E-state index in [9.17, 15) is 17.2 Å². The first-order valence-corrected chi connectivity index (χ1v) is 6.69. The summed E-state index contributed by atoms with van der Waals surface area (Å²) in [6.45, 7) is 0. The molecule has 2 rings (SSSR count). The minimum atomic E-state index is -4.17. The molecule has 5 nitrogen and oxygen atoms in total. The Hall–Kier alpha value is -1.80. The van der Waals surface area contributed by atoms with Crippen molar-refractivity contribution in [3.63, 3.8) is 0 Å². The van der Waals surface area contributed by atoms with Gasteiger partial charge in [-0.1, -0.05) is 11.6 Å². The van der Waals surface area contributed by atoms with E-state index in [-0.39, 0.29) is 11.0 Å². The zero-order chi connectivity index (χ0) is 14.0. The molecule has 9 heteroatoms. The zero-order valence-electron chi connectivity index (χ0n) is 9.14. The van der Waals surface area contributed by atoms with Gasteiger partial charge in [-0.3, -0.25) is 9.71 Å². The summed E-state index contributed by atoms with van der Waals surface area (Å²) < 4.78 is 51.7. The number of rotatable bonds is 3. The van der Waals surface area contributed by atoms with E-state index in [1.807, 2.05) is 4.72 Å². The molecular formula is C10H6ClF2N3O2S. The SMILES string of the molecule is O=S(=O)(Nc1cncc(Cl)n1)c1cc(F)cc(F)c1. The van der Waals surface area contributed by atoms with Crippen molar-refractivity contribution in [2.24, 2.45) is 0 Å². The van der Waals surface area contributed by atoms with Gasteiger partial charge in [0, 0.05) is 6.07 Å². The van der Waals surface area contributed by atoms with Gasteiger partial charge in [0.25, 0.3) is 10.0 Å². The highest BCUT2D eigenvalue weighted by Gasteiger charge is 2.17. The molecule has 0 aliphatic rings. The second-order valence-electron chi connectivity index (χ2n) is 3.44. The minimum Gasteiger partial charge on any atom is -0.262 e. The average Bonchev–Trinajstić information content (AvgIpc) is 2.26. The number of benzene rings is 1. The third kappa shape index (κ3) is 3.36. The van der Waals surface area contributed by atoms with Crippen molar-refractivity contribution in [2.45, 2.75) is 4.90 Å². The Kier molecular flexibility index (Phi) is 3.63. The van der Waals surface area contributed by atoms with Crippen LogP contribution in [0, 0.1) is 11.6 Å². The fraction of sp³-hybridized carbons (Fsp3) is 0. The molecule has 0 atom stereocenters. The highest BCUT2D eigenvalue weighted by Crippen LogP contribution is 2.17. The van der Waals surface area contributed by atoms with Gasteiger partial charge in [0.15, 0.2) is 5.82 Å². The maximum absolute atomic E-state index is 13.0. The summed E-state index contributed by atoms with van der Waals surface area (Å²) in [4.78, 5) is 6.72. The van der Waals surface area contributed by atoms with E-state index in [2.05, 4.69) is 9.97 Å². The maximum Gasteiger partial charge on any atom is 0.263 e. The lowest BCUT2D eigenvalue weighted by Crippen LogP contribution is -2.14. The molecule has 0 aliphatic carbocycles. The van der Waals surface area contributed by atoms with Gasteiger partial charge in [-0.05, 0) is 12.1 Å². The van der Waals surface area contributed by atoms with Crippen molar-refractivity contribution in [3.05, 3.63) is 47.4 Å². The molecule has 0 spiro atoms. The van der Waals surface area contributed by atoms with E-state index in [0.29, 0.717) is 18.2 Å². The Morgan fingerprint density at radius 1 is 1.11 bits per heavy atom. The number of anilines is 1. The normalized spacial score (nSPS) is 11.3. The molecule has 0 aliphatic heterocycles. The summed E-state index contributed by atoms with van der Waals surface area (Å²) in [5.41, 5.74) is 0. The van der Waals surface area contributed by atoms with Crippen LogP contribution in [-0.4, -0.2) is 18.4 Å². The van der Waals surface area contributed by atoms with Gasteiger partial charge >= 0.3 is 0 Å². The molecular weight excluding hydrogens is 300 g/mol. The van der Waals surface area contributed by atoms with E-state index >= 15 is 0 Å². The van der Waals surface area contributed by atoms with Crippen LogP contribution in [0.25, 0.3) is 0 Å². The van der Waals surface area contributed by atoms with Crippen molar-refractivity contribution in [2.75, 3.05) is 4.72 Å². The summed E-state index contributed by atoms with van der Waals surface area (Å²) in [5.74, 6) is -2.16. The van der Waals surface area contributed by atoms with Crippen LogP contribution in [0.3, 0.4) is 0 Å². The predicted octanol–water partition coefficient (Wildman–Crippen LogP) is 2.21. The molecule has 0 radical (unpaired) electrons. The summed E-state index contributed by atoms with van der Waals surface area (Å²) >= 11 is 5.54. The van der Waals surface area contributed by atoms with E-state index in [4.69, 9.17) is 11.6 Å². The summed E-state index contributed by atoms with van der Waals surface area (Å²) in [5, 5.41) is -0.0226. The molecule has 0 saturated heterocycles. The van der Waals surface area contributed by atoms with Crippen LogP contribution in [-0.2, 0) is 10.0 Å². The molecule has 100 valence electrons. The number of sulfonamides is 1. The number of hydrogen-bond acceptors (Lipinski definition) is 4. The first-order valence-electron chi connectivity index (χ1n) is 4.83. The fourth-order valence-electron chi connectivity index (χ4n) is 1.27. The molecule has 1 aromatic carbocycles. The topological polar surface area (TPSA) is 72.0 Å². The quantitative estimate of drug-likeness (QED) is 0.943. The Labute approximate surface area is 112 Å². The Balaban J connectivity index is 2.37. The molecule has 0 unspecified atom stereocenters. The zero-order valence-corrected chi connectivity index (χ0v) is 10.7. The number of nitrogens with one attached hydrogen (secondary N) is 1. The first kappa shape index (κ1) is 13.6. The molecule has 19 heavy (non-hydrogen) atoms. The monoisotopic (exact) mass is 305 g/mol. The third-order valence-electron chi connectivity index (χ3n) is 1.99. The summed E-state index contributed by atoms with van der Waals surface area (Å²) in [6, 6.07) is 1.94. The van der Waals surface area contributed by atoms with Crippen LogP contribution in [0.4, 0.5) is 14.6 Å². The largest absolute Gasteiger partial charge is 0.263 e. The third-order valence-corrected chi connectivity index (χ3v) is 3.51. The van der Waals surface area contributed by atoms with Crippen LogP contribution in [0.2, 0.25) is 5.15 Å². The van der Waals surface area contributed by atoms with E-state index in [0.717, 1.165) is 6.20 Å². The molecule has 2 aromatic rings.